The molecule has 0 unspecified atom stereocenters. The van der Waals surface area contributed by atoms with Crippen LogP contribution in [0, 0.1) is 0 Å². The second-order valence-electron chi connectivity index (χ2n) is 5.18. The molecule has 1 aliphatic heterocycles. The largest absolute Gasteiger partial charge is 0.508 e. The molecular weight excluding hydrogens is 362 g/mol. The average molecular weight is 372 g/mol. The molecule has 3 aromatic rings. The van der Waals surface area contributed by atoms with Gasteiger partial charge in [0.2, 0.25) is 5.78 Å². The van der Waals surface area contributed by atoms with Gasteiger partial charge in [-0.1, -0.05) is 12.1 Å². The molecule has 2 aromatic carbocycles. The van der Waals surface area contributed by atoms with E-state index in [1.54, 1.807) is 12.3 Å². The van der Waals surface area contributed by atoms with Crippen molar-refractivity contribution in [1.82, 2.24) is 4.98 Å². The number of carbonyl (C=O) groups is 1. The number of fused-ring (bicyclic) bond motifs is 2. The molecule has 2 heterocycles. The molecule has 0 aliphatic carbocycles. The van der Waals surface area contributed by atoms with Crippen molar-refractivity contribution in [2.75, 3.05) is 0 Å². The highest BCUT2D eigenvalue weighted by atomic mass is 79.9. The van der Waals surface area contributed by atoms with E-state index in [4.69, 9.17) is 4.74 Å². The summed E-state index contributed by atoms with van der Waals surface area (Å²) in [6.07, 6.45) is 3.39. The first kappa shape index (κ1) is 13.9. The number of allylic oxidation sites excluding steroid dienone is 1. The van der Waals surface area contributed by atoms with E-state index in [0.29, 0.717) is 0 Å². The highest BCUT2D eigenvalue weighted by Gasteiger charge is 2.31. The number of aromatic amines is 1. The normalized spacial score (nSPS) is 15.2. The van der Waals surface area contributed by atoms with E-state index in [2.05, 4.69) is 20.9 Å². The Morgan fingerprint density at radius 3 is 2.87 bits per heavy atom. The first-order chi connectivity index (χ1) is 11.0. The third kappa shape index (κ3) is 2.10. The van der Waals surface area contributed by atoms with Gasteiger partial charge in [0, 0.05) is 33.8 Å². The van der Waals surface area contributed by atoms with E-state index >= 15 is 0 Å². The van der Waals surface area contributed by atoms with Crippen molar-refractivity contribution in [1.29, 1.82) is 0 Å². The van der Waals surface area contributed by atoms with Gasteiger partial charge in [0.05, 0.1) is 5.52 Å². The van der Waals surface area contributed by atoms with Crippen molar-refractivity contribution in [3.63, 3.8) is 0 Å². The molecule has 114 valence electrons. The summed E-state index contributed by atoms with van der Waals surface area (Å²) >= 11 is 3.46. The van der Waals surface area contributed by atoms with Gasteiger partial charge in [0.15, 0.2) is 5.76 Å². The van der Waals surface area contributed by atoms with Gasteiger partial charge >= 0.3 is 0 Å². The number of carbonyl (C=O) groups excluding carboxylic acids is 1. The monoisotopic (exact) mass is 371 g/mol. The molecule has 0 fully saturated rings. The van der Waals surface area contributed by atoms with Crippen molar-refractivity contribution in [3.8, 4) is 17.2 Å². The van der Waals surface area contributed by atoms with Crippen LogP contribution < -0.4 is 4.74 Å². The van der Waals surface area contributed by atoms with Crippen LogP contribution in [0.15, 0.2) is 46.8 Å². The summed E-state index contributed by atoms with van der Waals surface area (Å²) < 4.78 is 6.42. The van der Waals surface area contributed by atoms with Gasteiger partial charge in [0.1, 0.15) is 22.8 Å². The van der Waals surface area contributed by atoms with Crippen LogP contribution in [0.3, 0.4) is 0 Å². The molecule has 0 spiro atoms. The van der Waals surface area contributed by atoms with E-state index in [-0.39, 0.29) is 28.6 Å². The van der Waals surface area contributed by atoms with Crippen LogP contribution in [0.4, 0.5) is 0 Å². The predicted molar refractivity (Wildman–Crippen MR) is 88.7 cm³/mol. The highest BCUT2D eigenvalue weighted by molar-refractivity contribution is 9.10. The van der Waals surface area contributed by atoms with E-state index in [1.165, 1.54) is 6.07 Å². The maximum absolute atomic E-state index is 12.4. The van der Waals surface area contributed by atoms with Crippen molar-refractivity contribution in [2.45, 2.75) is 0 Å². The summed E-state index contributed by atoms with van der Waals surface area (Å²) in [5, 5.41) is 20.3. The molecule has 4 rings (SSSR count). The Labute approximate surface area is 139 Å². The van der Waals surface area contributed by atoms with Crippen molar-refractivity contribution in [2.24, 2.45) is 0 Å². The van der Waals surface area contributed by atoms with Gasteiger partial charge in [-0.15, -0.1) is 0 Å². The number of H-pyrrole nitrogens is 1. The number of rotatable bonds is 1. The Kier molecular flexibility index (Phi) is 2.96. The Morgan fingerprint density at radius 1 is 1.22 bits per heavy atom. The molecule has 6 heteroatoms. The van der Waals surface area contributed by atoms with Gasteiger partial charge in [-0.3, -0.25) is 4.79 Å². The molecule has 0 saturated carbocycles. The Hall–Kier alpha value is -2.73. The Bertz CT molecular complexity index is 1000. The number of phenols is 2. The molecule has 0 bridgehead atoms. The number of para-hydroxylation sites is 1. The molecule has 0 radical (unpaired) electrons. The lowest BCUT2D eigenvalue weighted by atomic mass is 10.1. The first-order valence-electron chi connectivity index (χ1n) is 6.80. The summed E-state index contributed by atoms with van der Waals surface area (Å²) in [5.74, 6) is -0.621. The minimum atomic E-state index is -0.415. The van der Waals surface area contributed by atoms with Crippen LogP contribution in [0.1, 0.15) is 15.9 Å². The van der Waals surface area contributed by atoms with Gasteiger partial charge in [-0.25, -0.2) is 0 Å². The van der Waals surface area contributed by atoms with E-state index in [0.717, 1.165) is 27.0 Å². The lowest BCUT2D eigenvalue weighted by Gasteiger charge is -2.00. The number of halogens is 1. The molecule has 3 N–H and O–H groups in total. The van der Waals surface area contributed by atoms with Gasteiger partial charge in [-0.05, 0) is 28.1 Å². The zero-order valence-corrected chi connectivity index (χ0v) is 13.2. The third-order valence-electron chi connectivity index (χ3n) is 3.72. The smallest absolute Gasteiger partial charge is 0.235 e. The summed E-state index contributed by atoms with van der Waals surface area (Å²) in [5.41, 5.74) is 1.78. The van der Waals surface area contributed by atoms with Crippen LogP contribution in [0.2, 0.25) is 0 Å². The number of nitrogens with one attached hydrogen (secondary N) is 1. The first-order valence-corrected chi connectivity index (χ1v) is 7.59. The quantitative estimate of drug-likeness (QED) is 0.565. The molecular formula is C17H10BrNO4. The minimum absolute atomic E-state index is 0.0649. The SMILES string of the molecule is O=C1C(=Cc2c[nH]c3c(Br)cccc23)Oc2cc(O)cc(O)c21. The van der Waals surface area contributed by atoms with Crippen LogP contribution in [0.25, 0.3) is 17.0 Å². The molecule has 0 saturated heterocycles. The maximum Gasteiger partial charge on any atom is 0.235 e. The molecule has 0 atom stereocenters. The predicted octanol–water partition coefficient (Wildman–Crippen LogP) is 3.96. The number of aromatic hydroxyl groups is 2. The molecule has 1 aromatic heterocycles. The molecule has 0 amide bonds. The van der Waals surface area contributed by atoms with E-state index in [1.807, 2.05) is 18.2 Å². The van der Waals surface area contributed by atoms with Crippen LogP contribution in [-0.2, 0) is 0 Å². The Morgan fingerprint density at radius 2 is 2.04 bits per heavy atom. The minimum Gasteiger partial charge on any atom is -0.508 e. The summed E-state index contributed by atoms with van der Waals surface area (Å²) in [6.45, 7) is 0. The second kappa shape index (κ2) is 4.89. The average Bonchev–Trinajstić information content (AvgIpc) is 3.03. The number of ether oxygens (including phenoxy) is 1. The fourth-order valence-corrected chi connectivity index (χ4v) is 3.16. The highest BCUT2D eigenvalue weighted by Crippen LogP contribution is 2.41. The van der Waals surface area contributed by atoms with Crippen molar-refractivity contribution in [3.05, 3.63) is 57.9 Å². The number of hydrogen-bond donors (Lipinski definition) is 3. The van der Waals surface area contributed by atoms with Crippen LogP contribution in [0.5, 0.6) is 17.2 Å². The fraction of sp³-hybridized carbons (Fsp3) is 0. The van der Waals surface area contributed by atoms with E-state index < -0.39 is 5.78 Å². The van der Waals surface area contributed by atoms with Gasteiger partial charge in [0.25, 0.3) is 0 Å². The third-order valence-corrected chi connectivity index (χ3v) is 4.38. The van der Waals surface area contributed by atoms with Crippen LogP contribution >= 0.6 is 15.9 Å². The molecule has 1 aliphatic rings. The topological polar surface area (TPSA) is 82.6 Å². The lowest BCUT2D eigenvalue weighted by molar-refractivity contribution is 0.101. The number of phenolic OH excluding ortho intramolecular Hbond substituents is 2. The second-order valence-corrected chi connectivity index (χ2v) is 6.04. The molecule has 5 nitrogen and oxygen atoms in total. The number of ketones is 1. The van der Waals surface area contributed by atoms with E-state index in [9.17, 15) is 15.0 Å². The fourth-order valence-electron chi connectivity index (χ4n) is 2.68. The maximum atomic E-state index is 12.4. The van der Waals surface area contributed by atoms with Crippen LogP contribution in [-0.4, -0.2) is 21.0 Å². The van der Waals surface area contributed by atoms with Crippen molar-refractivity contribution < 1.29 is 19.7 Å². The summed E-state index contributed by atoms with van der Waals surface area (Å²) in [4.78, 5) is 15.5. The Balaban J connectivity index is 1.83. The number of aromatic nitrogens is 1. The summed E-state index contributed by atoms with van der Waals surface area (Å²) in [7, 11) is 0. The summed E-state index contributed by atoms with van der Waals surface area (Å²) in [6, 6.07) is 8.17. The standard InChI is InChI=1S/C17H10BrNO4/c18-11-3-1-2-10-8(7-19-16(10)11)4-14-17(22)15-12(21)5-9(20)6-13(15)23-14/h1-7,19-21H. The number of benzene rings is 2. The zero-order valence-electron chi connectivity index (χ0n) is 11.6. The lowest BCUT2D eigenvalue weighted by Crippen LogP contribution is -1.98. The zero-order chi connectivity index (χ0) is 16.1. The van der Waals surface area contributed by atoms with Gasteiger partial charge < -0.3 is 19.9 Å². The van der Waals surface area contributed by atoms with Gasteiger partial charge in [-0.2, -0.15) is 0 Å². The number of Topliss-reactive ketones (excluding diaryl/α,β-unsaturated/α-hetero) is 1. The number of hydrogen-bond acceptors (Lipinski definition) is 4. The van der Waals surface area contributed by atoms with Crippen molar-refractivity contribution >= 4 is 38.7 Å². The molecule has 23 heavy (non-hydrogen) atoms.